The molecule has 2 aromatic carbocycles. The van der Waals surface area contributed by atoms with Gasteiger partial charge in [-0.3, -0.25) is 0 Å². The minimum Gasteiger partial charge on any atom is -0.459 e. The van der Waals surface area contributed by atoms with E-state index in [1.807, 2.05) is 0 Å². The van der Waals surface area contributed by atoms with E-state index in [1.165, 1.54) is 16.2 Å². The Kier molecular flexibility index (Phi) is 3.26. The van der Waals surface area contributed by atoms with E-state index in [0.717, 1.165) is 24.4 Å². The molecule has 0 aliphatic rings. The lowest BCUT2D eigenvalue weighted by Gasteiger charge is -2.04. The van der Waals surface area contributed by atoms with Gasteiger partial charge in [-0.1, -0.05) is 50.2 Å². The Morgan fingerprint density at radius 2 is 1.84 bits per heavy atom. The number of benzene rings is 2. The first-order valence-electron chi connectivity index (χ1n) is 6.85. The summed E-state index contributed by atoms with van der Waals surface area (Å²) in [5, 5.41) is 7.01. The number of fused-ring (bicyclic) bond motifs is 3. The molecule has 2 heteroatoms. The highest BCUT2D eigenvalue weighted by molar-refractivity contribution is 6.04. The van der Waals surface area contributed by atoms with Crippen molar-refractivity contribution in [3.63, 3.8) is 0 Å². The third kappa shape index (κ3) is 2.49. The van der Waals surface area contributed by atoms with E-state index in [2.05, 4.69) is 61.6 Å². The zero-order valence-corrected chi connectivity index (χ0v) is 11.4. The summed E-state index contributed by atoms with van der Waals surface area (Å²) in [7, 11) is 0. The normalized spacial score (nSPS) is 11.7. The Labute approximate surface area is 113 Å². The van der Waals surface area contributed by atoms with Gasteiger partial charge in [0.1, 0.15) is 11.3 Å². The standard InChI is InChI=1S/C17H19NO/c1-12(2)10-18-11-15-9-14-8-7-13-5-3-4-6-16(13)17(14)19-15/h3-9,12,18H,10-11H2,1-2H3. The molecule has 0 fully saturated rings. The average Bonchev–Trinajstić information content (AvgIpc) is 2.81. The fourth-order valence-corrected chi connectivity index (χ4v) is 2.39. The fourth-order valence-electron chi connectivity index (χ4n) is 2.39. The lowest BCUT2D eigenvalue weighted by atomic mass is 10.1. The summed E-state index contributed by atoms with van der Waals surface area (Å²) in [5.41, 5.74) is 0.999. The second kappa shape index (κ2) is 5.06. The van der Waals surface area contributed by atoms with E-state index < -0.39 is 0 Å². The molecule has 0 atom stereocenters. The molecule has 0 aliphatic carbocycles. The quantitative estimate of drug-likeness (QED) is 0.748. The first kappa shape index (κ1) is 12.2. The van der Waals surface area contributed by atoms with Gasteiger partial charge in [-0.15, -0.1) is 0 Å². The zero-order chi connectivity index (χ0) is 13.2. The molecule has 0 spiro atoms. The number of furan rings is 1. The Bertz CT molecular complexity index is 697. The summed E-state index contributed by atoms with van der Waals surface area (Å²) in [6, 6.07) is 14.8. The van der Waals surface area contributed by atoms with E-state index in [9.17, 15) is 0 Å². The molecule has 1 heterocycles. The van der Waals surface area contributed by atoms with Crippen molar-refractivity contribution in [2.75, 3.05) is 6.54 Å². The average molecular weight is 253 g/mol. The topological polar surface area (TPSA) is 25.2 Å². The number of hydrogen-bond donors (Lipinski definition) is 1. The molecule has 3 aromatic rings. The predicted octanol–water partition coefficient (Wildman–Crippen LogP) is 4.33. The maximum atomic E-state index is 6.00. The van der Waals surface area contributed by atoms with Crippen LogP contribution in [0.15, 0.2) is 46.9 Å². The largest absolute Gasteiger partial charge is 0.459 e. The van der Waals surface area contributed by atoms with E-state index >= 15 is 0 Å². The van der Waals surface area contributed by atoms with Gasteiger partial charge in [-0.25, -0.2) is 0 Å². The van der Waals surface area contributed by atoms with Crippen LogP contribution in [-0.4, -0.2) is 6.54 Å². The third-order valence-electron chi connectivity index (χ3n) is 3.31. The van der Waals surface area contributed by atoms with Crippen molar-refractivity contribution in [1.29, 1.82) is 0 Å². The molecule has 0 aliphatic heterocycles. The van der Waals surface area contributed by atoms with Crippen molar-refractivity contribution < 1.29 is 4.42 Å². The van der Waals surface area contributed by atoms with Crippen molar-refractivity contribution in [1.82, 2.24) is 5.32 Å². The van der Waals surface area contributed by atoms with Crippen molar-refractivity contribution in [3.8, 4) is 0 Å². The number of nitrogens with one attached hydrogen (secondary N) is 1. The molecule has 98 valence electrons. The zero-order valence-electron chi connectivity index (χ0n) is 11.4. The van der Waals surface area contributed by atoms with Gasteiger partial charge >= 0.3 is 0 Å². The molecule has 0 saturated heterocycles. The summed E-state index contributed by atoms with van der Waals surface area (Å²) in [4.78, 5) is 0. The second-order valence-electron chi connectivity index (χ2n) is 5.44. The number of rotatable bonds is 4. The minimum atomic E-state index is 0.658. The van der Waals surface area contributed by atoms with Gasteiger partial charge in [-0.05, 0) is 23.9 Å². The monoisotopic (exact) mass is 253 g/mol. The van der Waals surface area contributed by atoms with Crippen LogP contribution in [0.4, 0.5) is 0 Å². The minimum absolute atomic E-state index is 0.658. The molecule has 0 radical (unpaired) electrons. The SMILES string of the molecule is CC(C)CNCc1cc2ccc3ccccc3c2o1. The highest BCUT2D eigenvalue weighted by Crippen LogP contribution is 2.27. The smallest absolute Gasteiger partial charge is 0.142 e. The molecule has 0 unspecified atom stereocenters. The van der Waals surface area contributed by atoms with Gasteiger partial charge in [0.15, 0.2) is 0 Å². The lowest BCUT2D eigenvalue weighted by Crippen LogP contribution is -2.18. The highest BCUT2D eigenvalue weighted by atomic mass is 16.3. The van der Waals surface area contributed by atoms with Crippen molar-refractivity contribution >= 4 is 21.7 Å². The first-order chi connectivity index (χ1) is 9.24. The first-order valence-corrected chi connectivity index (χ1v) is 6.85. The summed E-state index contributed by atoms with van der Waals surface area (Å²) >= 11 is 0. The van der Waals surface area contributed by atoms with Crippen LogP contribution in [0, 0.1) is 5.92 Å². The van der Waals surface area contributed by atoms with Gasteiger partial charge in [-0.2, -0.15) is 0 Å². The van der Waals surface area contributed by atoms with Crippen LogP contribution in [0.5, 0.6) is 0 Å². The van der Waals surface area contributed by atoms with Gasteiger partial charge in [0.2, 0.25) is 0 Å². The Morgan fingerprint density at radius 1 is 1.05 bits per heavy atom. The third-order valence-corrected chi connectivity index (χ3v) is 3.31. The van der Waals surface area contributed by atoms with Crippen LogP contribution in [0.25, 0.3) is 21.7 Å². The van der Waals surface area contributed by atoms with E-state index in [0.29, 0.717) is 5.92 Å². The fraction of sp³-hybridized carbons (Fsp3) is 0.294. The van der Waals surface area contributed by atoms with Gasteiger partial charge < -0.3 is 9.73 Å². The summed E-state index contributed by atoms with van der Waals surface area (Å²) in [5.74, 6) is 1.66. The van der Waals surface area contributed by atoms with Crippen molar-refractivity contribution in [3.05, 3.63) is 48.2 Å². The molecule has 19 heavy (non-hydrogen) atoms. The molecule has 1 aromatic heterocycles. The van der Waals surface area contributed by atoms with Crippen LogP contribution < -0.4 is 5.32 Å². The predicted molar refractivity (Wildman–Crippen MR) is 80.3 cm³/mol. The highest BCUT2D eigenvalue weighted by Gasteiger charge is 2.07. The molecular weight excluding hydrogens is 234 g/mol. The van der Waals surface area contributed by atoms with Crippen LogP contribution in [0.2, 0.25) is 0 Å². The summed E-state index contributed by atoms with van der Waals surface area (Å²) < 4.78 is 6.00. The van der Waals surface area contributed by atoms with Crippen LogP contribution in [0.3, 0.4) is 0 Å². The molecule has 3 rings (SSSR count). The number of hydrogen-bond acceptors (Lipinski definition) is 2. The summed E-state index contributed by atoms with van der Waals surface area (Å²) in [6.45, 7) is 6.22. The Balaban J connectivity index is 1.94. The van der Waals surface area contributed by atoms with Crippen LogP contribution in [0.1, 0.15) is 19.6 Å². The van der Waals surface area contributed by atoms with Crippen LogP contribution >= 0.6 is 0 Å². The van der Waals surface area contributed by atoms with Crippen molar-refractivity contribution in [2.24, 2.45) is 5.92 Å². The van der Waals surface area contributed by atoms with Gasteiger partial charge in [0, 0.05) is 10.8 Å². The lowest BCUT2D eigenvalue weighted by molar-refractivity contribution is 0.486. The molecule has 0 bridgehead atoms. The molecule has 1 N–H and O–H groups in total. The Morgan fingerprint density at radius 3 is 2.68 bits per heavy atom. The maximum Gasteiger partial charge on any atom is 0.142 e. The van der Waals surface area contributed by atoms with Gasteiger partial charge in [0.25, 0.3) is 0 Å². The Hall–Kier alpha value is -1.80. The molecular formula is C17H19NO. The van der Waals surface area contributed by atoms with E-state index in [4.69, 9.17) is 4.42 Å². The summed E-state index contributed by atoms with van der Waals surface area (Å²) in [6.07, 6.45) is 0. The molecule has 0 amide bonds. The van der Waals surface area contributed by atoms with Crippen LogP contribution in [-0.2, 0) is 6.54 Å². The van der Waals surface area contributed by atoms with Crippen molar-refractivity contribution in [2.45, 2.75) is 20.4 Å². The molecule has 0 saturated carbocycles. The maximum absolute atomic E-state index is 6.00. The second-order valence-corrected chi connectivity index (χ2v) is 5.44. The van der Waals surface area contributed by atoms with Gasteiger partial charge in [0.05, 0.1) is 6.54 Å². The van der Waals surface area contributed by atoms with E-state index in [1.54, 1.807) is 0 Å². The molecule has 2 nitrogen and oxygen atoms in total. The van der Waals surface area contributed by atoms with E-state index in [-0.39, 0.29) is 0 Å².